The zero-order chi connectivity index (χ0) is 15.9. The molecule has 0 aliphatic rings. The number of hydrogen-bond donors (Lipinski definition) is 1. The molecule has 1 N–H and O–H groups in total. The number of amides is 1. The van der Waals surface area contributed by atoms with E-state index in [9.17, 15) is 4.79 Å². The van der Waals surface area contributed by atoms with Crippen LogP contribution in [-0.4, -0.2) is 36.6 Å². The van der Waals surface area contributed by atoms with Crippen LogP contribution < -0.4 is 15.0 Å². The molecule has 0 bridgehead atoms. The standard InChI is InChI=1S/C16H20N4O2/c1-12-5-4-6-13(9-12)22-11-16(21)18-10-14-17-8-7-15(19-14)20(2)3/h4-9H,10-11H2,1-3H3,(H,18,21). The third kappa shape index (κ3) is 4.73. The molecule has 1 aromatic carbocycles. The van der Waals surface area contributed by atoms with E-state index >= 15 is 0 Å². The van der Waals surface area contributed by atoms with Gasteiger partial charge in [-0.15, -0.1) is 0 Å². The number of aryl methyl sites for hydroxylation is 1. The number of hydrogen-bond acceptors (Lipinski definition) is 5. The second kappa shape index (κ2) is 7.40. The number of nitrogens with zero attached hydrogens (tertiary/aromatic N) is 3. The number of carbonyl (C=O) groups excluding carboxylic acids is 1. The normalized spacial score (nSPS) is 10.1. The van der Waals surface area contributed by atoms with E-state index < -0.39 is 0 Å². The Bertz CT molecular complexity index is 644. The number of rotatable bonds is 6. The van der Waals surface area contributed by atoms with Gasteiger partial charge in [-0.05, 0) is 30.7 Å². The zero-order valence-corrected chi connectivity index (χ0v) is 13.0. The van der Waals surface area contributed by atoms with Gasteiger partial charge in [0.25, 0.3) is 5.91 Å². The highest BCUT2D eigenvalue weighted by Gasteiger charge is 2.05. The van der Waals surface area contributed by atoms with Crippen LogP contribution in [0.3, 0.4) is 0 Å². The van der Waals surface area contributed by atoms with Gasteiger partial charge < -0.3 is 15.0 Å². The van der Waals surface area contributed by atoms with E-state index in [0.29, 0.717) is 11.6 Å². The average molecular weight is 300 g/mol. The van der Waals surface area contributed by atoms with E-state index in [0.717, 1.165) is 11.4 Å². The first-order chi connectivity index (χ1) is 10.5. The largest absolute Gasteiger partial charge is 0.484 e. The van der Waals surface area contributed by atoms with Crippen LogP contribution in [0, 0.1) is 6.92 Å². The Morgan fingerprint density at radius 1 is 1.32 bits per heavy atom. The van der Waals surface area contributed by atoms with Crippen LogP contribution >= 0.6 is 0 Å². The lowest BCUT2D eigenvalue weighted by atomic mass is 10.2. The molecular formula is C16H20N4O2. The summed E-state index contributed by atoms with van der Waals surface area (Å²) in [6.45, 7) is 2.22. The Morgan fingerprint density at radius 3 is 2.86 bits per heavy atom. The molecule has 1 heterocycles. The van der Waals surface area contributed by atoms with Crippen molar-refractivity contribution >= 4 is 11.7 Å². The van der Waals surface area contributed by atoms with Crippen LogP contribution in [0.15, 0.2) is 36.5 Å². The highest BCUT2D eigenvalue weighted by molar-refractivity contribution is 5.77. The van der Waals surface area contributed by atoms with Crippen LogP contribution in [0.2, 0.25) is 0 Å². The number of ether oxygens (including phenoxy) is 1. The minimum atomic E-state index is -0.208. The molecule has 0 saturated heterocycles. The monoisotopic (exact) mass is 300 g/mol. The molecule has 1 amide bonds. The molecule has 0 radical (unpaired) electrons. The minimum absolute atomic E-state index is 0.0309. The molecule has 0 aliphatic carbocycles. The van der Waals surface area contributed by atoms with Crippen molar-refractivity contribution in [2.75, 3.05) is 25.6 Å². The summed E-state index contributed by atoms with van der Waals surface area (Å²) in [6, 6.07) is 9.39. The number of benzene rings is 1. The smallest absolute Gasteiger partial charge is 0.258 e. The van der Waals surface area contributed by atoms with Crippen molar-refractivity contribution in [1.29, 1.82) is 0 Å². The van der Waals surface area contributed by atoms with Gasteiger partial charge in [-0.2, -0.15) is 0 Å². The lowest BCUT2D eigenvalue weighted by Crippen LogP contribution is -2.29. The van der Waals surface area contributed by atoms with Crippen molar-refractivity contribution in [3.05, 3.63) is 47.9 Å². The predicted octanol–water partition coefficient (Wildman–Crippen LogP) is 1.55. The molecular weight excluding hydrogens is 280 g/mol. The SMILES string of the molecule is Cc1cccc(OCC(=O)NCc2nccc(N(C)C)n2)c1. The predicted molar refractivity (Wildman–Crippen MR) is 84.9 cm³/mol. The first kappa shape index (κ1) is 15.8. The molecule has 6 nitrogen and oxygen atoms in total. The van der Waals surface area contributed by atoms with Crippen molar-refractivity contribution < 1.29 is 9.53 Å². The summed E-state index contributed by atoms with van der Waals surface area (Å²) < 4.78 is 5.44. The summed E-state index contributed by atoms with van der Waals surface area (Å²) >= 11 is 0. The zero-order valence-electron chi connectivity index (χ0n) is 13.0. The van der Waals surface area contributed by atoms with Crippen molar-refractivity contribution in [1.82, 2.24) is 15.3 Å². The molecule has 116 valence electrons. The van der Waals surface area contributed by atoms with Gasteiger partial charge in [0.1, 0.15) is 17.4 Å². The number of aromatic nitrogens is 2. The van der Waals surface area contributed by atoms with Gasteiger partial charge >= 0.3 is 0 Å². The van der Waals surface area contributed by atoms with E-state index in [1.807, 2.05) is 56.3 Å². The molecule has 0 aliphatic heterocycles. The average Bonchev–Trinajstić information content (AvgIpc) is 2.51. The molecule has 0 unspecified atom stereocenters. The second-order valence-corrected chi connectivity index (χ2v) is 5.11. The van der Waals surface area contributed by atoms with Crippen molar-refractivity contribution in [3.63, 3.8) is 0 Å². The van der Waals surface area contributed by atoms with E-state index in [-0.39, 0.29) is 19.1 Å². The molecule has 2 rings (SSSR count). The van der Waals surface area contributed by atoms with Crippen LogP contribution in [0.5, 0.6) is 5.75 Å². The number of nitrogens with one attached hydrogen (secondary N) is 1. The molecule has 22 heavy (non-hydrogen) atoms. The summed E-state index contributed by atoms with van der Waals surface area (Å²) in [5.74, 6) is 1.84. The lowest BCUT2D eigenvalue weighted by molar-refractivity contribution is -0.123. The Kier molecular flexibility index (Phi) is 5.30. The van der Waals surface area contributed by atoms with Gasteiger partial charge in [0.15, 0.2) is 6.61 Å². The summed E-state index contributed by atoms with van der Waals surface area (Å²) in [4.78, 5) is 22.1. The lowest BCUT2D eigenvalue weighted by Gasteiger charge is -2.12. The van der Waals surface area contributed by atoms with Gasteiger partial charge in [0.2, 0.25) is 0 Å². The molecule has 6 heteroatoms. The van der Waals surface area contributed by atoms with E-state index in [2.05, 4.69) is 15.3 Å². The Morgan fingerprint density at radius 2 is 2.14 bits per heavy atom. The third-order valence-electron chi connectivity index (χ3n) is 2.95. The quantitative estimate of drug-likeness (QED) is 0.876. The fraction of sp³-hybridized carbons (Fsp3) is 0.312. The maximum atomic E-state index is 11.8. The van der Waals surface area contributed by atoms with Gasteiger partial charge in [-0.25, -0.2) is 9.97 Å². The van der Waals surface area contributed by atoms with Crippen molar-refractivity contribution in [3.8, 4) is 5.75 Å². The molecule has 0 atom stereocenters. The first-order valence-electron chi connectivity index (χ1n) is 7.00. The first-order valence-corrected chi connectivity index (χ1v) is 7.00. The van der Waals surface area contributed by atoms with Gasteiger partial charge in [-0.1, -0.05) is 12.1 Å². The summed E-state index contributed by atoms with van der Waals surface area (Å²) in [5, 5.41) is 2.74. The van der Waals surface area contributed by atoms with Gasteiger partial charge in [0.05, 0.1) is 6.54 Å². The van der Waals surface area contributed by atoms with Crippen LogP contribution in [-0.2, 0) is 11.3 Å². The highest BCUT2D eigenvalue weighted by Crippen LogP contribution is 2.11. The maximum absolute atomic E-state index is 11.8. The topological polar surface area (TPSA) is 67.3 Å². The molecule has 0 saturated carbocycles. The third-order valence-corrected chi connectivity index (χ3v) is 2.95. The Labute approximate surface area is 130 Å². The van der Waals surface area contributed by atoms with Gasteiger partial charge in [-0.3, -0.25) is 4.79 Å². The van der Waals surface area contributed by atoms with Crippen LogP contribution in [0.1, 0.15) is 11.4 Å². The second-order valence-electron chi connectivity index (χ2n) is 5.11. The Hall–Kier alpha value is -2.63. The fourth-order valence-corrected chi connectivity index (χ4v) is 1.81. The van der Waals surface area contributed by atoms with E-state index in [1.165, 1.54) is 0 Å². The minimum Gasteiger partial charge on any atom is -0.484 e. The summed E-state index contributed by atoms with van der Waals surface area (Å²) in [7, 11) is 3.81. The Balaban J connectivity index is 1.81. The van der Waals surface area contributed by atoms with Crippen molar-refractivity contribution in [2.45, 2.75) is 13.5 Å². The molecule has 0 spiro atoms. The summed E-state index contributed by atoms with van der Waals surface area (Å²) in [6.07, 6.45) is 1.67. The van der Waals surface area contributed by atoms with Gasteiger partial charge in [0, 0.05) is 20.3 Å². The van der Waals surface area contributed by atoms with Crippen LogP contribution in [0.25, 0.3) is 0 Å². The maximum Gasteiger partial charge on any atom is 0.258 e. The summed E-state index contributed by atoms with van der Waals surface area (Å²) in [5.41, 5.74) is 1.09. The number of carbonyl (C=O) groups is 1. The fourth-order valence-electron chi connectivity index (χ4n) is 1.81. The molecule has 1 aromatic heterocycles. The molecule has 0 fully saturated rings. The van der Waals surface area contributed by atoms with E-state index in [1.54, 1.807) is 6.20 Å². The van der Waals surface area contributed by atoms with Crippen LogP contribution in [0.4, 0.5) is 5.82 Å². The van der Waals surface area contributed by atoms with Crippen molar-refractivity contribution in [2.24, 2.45) is 0 Å². The van der Waals surface area contributed by atoms with E-state index in [4.69, 9.17) is 4.74 Å². The highest BCUT2D eigenvalue weighted by atomic mass is 16.5. The number of anilines is 1. The molecule has 2 aromatic rings.